The number of amides is 1. The molecule has 1 aromatic rings. The van der Waals surface area contributed by atoms with E-state index in [9.17, 15) is 14.9 Å². The maximum atomic E-state index is 12.2. The van der Waals surface area contributed by atoms with Crippen molar-refractivity contribution in [3.63, 3.8) is 0 Å². The Morgan fingerprint density at radius 1 is 1.36 bits per heavy atom. The summed E-state index contributed by atoms with van der Waals surface area (Å²) >= 11 is 0. The zero-order valence-corrected chi connectivity index (χ0v) is 14.2. The Balaban J connectivity index is 1.40. The first-order chi connectivity index (χ1) is 12.1. The number of nitrogens with one attached hydrogen (secondary N) is 2. The van der Waals surface area contributed by atoms with Gasteiger partial charge in [0.15, 0.2) is 0 Å². The number of carbonyl (C=O) groups excluding carboxylic acids is 1. The fourth-order valence-electron chi connectivity index (χ4n) is 3.27. The number of piperazine rings is 1. The zero-order chi connectivity index (χ0) is 17.6. The molecule has 0 radical (unpaired) electrons. The number of nitro groups is 1. The standard InChI is InChI=1S/C16H24N6O3/c23-16(21-9-5-17-6-10-21)4-8-20-7-3-13(12-20)19-15-2-1-14(11-18-15)22(24)25/h1-2,11,13,17H,3-10,12H2,(H,18,19). The lowest BCUT2D eigenvalue weighted by molar-refractivity contribution is -0.385. The number of hydrogen-bond acceptors (Lipinski definition) is 7. The molecule has 136 valence electrons. The summed E-state index contributed by atoms with van der Waals surface area (Å²) in [7, 11) is 0. The third kappa shape index (κ3) is 4.86. The lowest BCUT2D eigenvalue weighted by Gasteiger charge is -2.28. The van der Waals surface area contributed by atoms with Crippen LogP contribution in [0.1, 0.15) is 12.8 Å². The number of rotatable bonds is 6. The quantitative estimate of drug-likeness (QED) is 0.563. The minimum absolute atomic E-state index is 0.00924. The van der Waals surface area contributed by atoms with Crippen LogP contribution in [0.15, 0.2) is 18.3 Å². The molecule has 0 spiro atoms. The largest absolute Gasteiger partial charge is 0.366 e. The summed E-state index contributed by atoms with van der Waals surface area (Å²) in [6, 6.07) is 3.34. The topological polar surface area (TPSA) is 104 Å². The van der Waals surface area contributed by atoms with Crippen LogP contribution in [-0.2, 0) is 4.79 Å². The minimum Gasteiger partial charge on any atom is -0.366 e. The van der Waals surface area contributed by atoms with Gasteiger partial charge in [-0.1, -0.05) is 0 Å². The highest BCUT2D eigenvalue weighted by atomic mass is 16.6. The molecule has 25 heavy (non-hydrogen) atoms. The molecule has 3 heterocycles. The van der Waals surface area contributed by atoms with Crippen LogP contribution in [0.2, 0.25) is 0 Å². The second-order valence-electron chi connectivity index (χ2n) is 6.47. The highest BCUT2D eigenvalue weighted by Gasteiger charge is 2.24. The molecule has 1 atom stereocenters. The third-order valence-electron chi connectivity index (χ3n) is 4.69. The van der Waals surface area contributed by atoms with E-state index in [-0.39, 0.29) is 17.6 Å². The molecule has 9 nitrogen and oxygen atoms in total. The molecule has 3 rings (SSSR count). The fourth-order valence-corrected chi connectivity index (χ4v) is 3.27. The summed E-state index contributed by atoms with van der Waals surface area (Å²) in [5, 5.41) is 17.2. The predicted octanol–water partition coefficient (Wildman–Crippen LogP) is 0.298. The average Bonchev–Trinajstić information content (AvgIpc) is 3.08. The molecule has 0 saturated carbocycles. The molecule has 1 aromatic heterocycles. The maximum absolute atomic E-state index is 12.2. The van der Waals surface area contributed by atoms with Gasteiger partial charge in [-0.3, -0.25) is 14.9 Å². The first-order valence-corrected chi connectivity index (χ1v) is 8.69. The van der Waals surface area contributed by atoms with E-state index < -0.39 is 4.92 Å². The molecule has 9 heteroatoms. The van der Waals surface area contributed by atoms with Gasteiger partial charge in [-0.05, 0) is 12.5 Å². The van der Waals surface area contributed by atoms with Crippen LogP contribution < -0.4 is 10.6 Å². The lowest BCUT2D eigenvalue weighted by Crippen LogP contribution is -2.47. The van der Waals surface area contributed by atoms with E-state index in [4.69, 9.17) is 0 Å². The third-order valence-corrected chi connectivity index (χ3v) is 4.69. The summed E-state index contributed by atoms with van der Waals surface area (Å²) in [6.45, 7) is 5.93. The van der Waals surface area contributed by atoms with Gasteiger partial charge in [-0.15, -0.1) is 0 Å². The van der Waals surface area contributed by atoms with Gasteiger partial charge in [0.25, 0.3) is 5.69 Å². The smallest absolute Gasteiger partial charge is 0.287 e. The summed E-state index contributed by atoms with van der Waals surface area (Å²) in [5.41, 5.74) is -0.00924. The van der Waals surface area contributed by atoms with Crippen molar-refractivity contribution in [2.75, 3.05) is 51.1 Å². The number of nitrogens with zero attached hydrogens (tertiary/aromatic N) is 4. The highest BCUT2D eigenvalue weighted by Crippen LogP contribution is 2.17. The Morgan fingerprint density at radius 3 is 2.84 bits per heavy atom. The molecule has 0 aromatic carbocycles. The van der Waals surface area contributed by atoms with Crippen LogP contribution >= 0.6 is 0 Å². The molecule has 0 aliphatic carbocycles. The van der Waals surface area contributed by atoms with E-state index in [1.807, 2.05) is 4.90 Å². The second-order valence-corrected chi connectivity index (χ2v) is 6.47. The van der Waals surface area contributed by atoms with Gasteiger partial charge in [-0.25, -0.2) is 4.98 Å². The van der Waals surface area contributed by atoms with Crippen LogP contribution in [0.5, 0.6) is 0 Å². The van der Waals surface area contributed by atoms with Crippen LogP contribution in [0, 0.1) is 10.1 Å². The number of aromatic nitrogens is 1. The first kappa shape index (κ1) is 17.6. The normalized spacial score (nSPS) is 21.3. The summed E-state index contributed by atoms with van der Waals surface area (Å²) in [6.07, 6.45) is 2.80. The SMILES string of the molecule is O=C(CCN1CCC(Nc2ccc([N+](=O)[O-])cn2)C1)N1CCNCC1. The molecule has 0 bridgehead atoms. The Morgan fingerprint density at radius 2 is 2.16 bits per heavy atom. The molecular weight excluding hydrogens is 324 g/mol. The molecule has 1 amide bonds. The van der Waals surface area contributed by atoms with Crippen LogP contribution in [0.25, 0.3) is 0 Å². The van der Waals surface area contributed by atoms with Crippen LogP contribution in [0.3, 0.4) is 0 Å². The van der Waals surface area contributed by atoms with Crippen LogP contribution in [-0.4, -0.2) is 77.5 Å². The Labute approximate surface area is 146 Å². The van der Waals surface area contributed by atoms with Gasteiger partial charge in [0, 0.05) is 64.3 Å². The van der Waals surface area contributed by atoms with Gasteiger partial charge in [0.05, 0.1) is 4.92 Å². The van der Waals surface area contributed by atoms with E-state index in [1.54, 1.807) is 6.07 Å². The van der Waals surface area contributed by atoms with Crippen molar-refractivity contribution in [3.8, 4) is 0 Å². The van der Waals surface area contributed by atoms with Crippen molar-refractivity contribution in [1.82, 2.24) is 20.1 Å². The molecule has 2 saturated heterocycles. The Bertz CT molecular complexity index is 602. The van der Waals surface area contributed by atoms with E-state index in [2.05, 4.69) is 20.5 Å². The van der Waals surface area contributed by atoms with Gasteiger partial charge >= 0.3 is 0 Å². The summed E-state index contributed by atoms with van der Waals surface area (Å²) in [4.78, 5) is 30.7. The fraction of sp³-hybridized carbons (Fsp3) is 0.625. The van der Waals surface area contributed by atoms with Crippen molar-refractivity contribution in [2.45, 2.75) is 18.9 Å². The maximum Gasteiger partial charge on any atom is 0.287 e. The Hall–Kier alpha value is -2.26. The molecule has 2 aliphatic rings. The van der Waals surface area contributed by atoms with Gasteiger partial charge < -0.3 is 20.4 Å². The second kappa shape index (κ2) is 8.21. The van der Waals surface area contributed by atoms with Crippen molar-refractivity contribution < 1.29 is 9.72 Å². The van der Waals surface area contributed by atoms with Crippen molar-refractivity contribution >= 4 is 17.4 Å². The number of carbonyl (C=O) groups is 1. The highest BCUT2D eigenvalue weighted by molar-refractivity contribution is 5.76. The minimum atomic E-state index is -0.455. The average molecular weight is 348 g/mol. The first-order valence-electron chi connectivity index (χ1n) is 8.69. The van der Waals surface area contributed by atoms with Crippen molar-refractivity contribution in [2.24, 2.45) is 0 Å². The lowest BCUT2D eigenvalue weighted by atomic mass is 10.2. The summed E-state index contributed by atoms with van der Waals surface area (Å²) in [5.74, 6) is 0.879. The zero-order valence-electron chi connectivity index (χ0n) is 14.2. The van der Waals surface area contributed by atoms with E-state index in [0.717, 1.165) is 52.2 Å². The summed E-state index contributed by atoms with van der Waals surface area (Å²) < 4.78 is 0. The monoisotopic (exact) mass is 348 g/mol. The van der Waals surface area contributed by atoms with E-state index >= 15 is 0 Å². The van der Waals surface area contributed by atoms with Gasteiger partial charge in [0.2, 0.25) is 5.91 Å². The van der Waals surface area contributed by atoms with E-state index in [0.29, 0.717) is 12.2 Å². The molecule has 1 unspecified atom stereocenters. The number of pyridine rings is 1. The Kier molecular flexibility index (Phi) is 5.77. The van der Waals surface area contributed by atoms with Crippen molar-refractivity contribution in [3.05, 3.63) is 28.4 Å². The number of anilines is 1. The molecular formula is C16H24N6O3. The predicted molar refractivity (Wildman–Crippen MR) is 93.4 cm³/mol. The molecule has 2 aliphatic heterocycles. The molecule has 2 fully saturated rings. The molecule has 2 N–H and O–H groups in total. The van der Waals surface area contributed by atoms with Crippen molar-refractivity contribution in [1.29, 1.82) is 0 Å². The van der Waals surface area contributed by atoms with Gasteiger partial charge in [-0.2, -0.15) is 0 Å². The van der Waals surface area contributed by atoms with E-state index in [1.165, 1.54) is 12.3 Å². The van der Waals surface area contributed by atoms with Gasteiger partial charge in [0.1, 0.15) is 12.0 Å². The number of likely N-dealkylation sites (tertiary alicyclic amines) is 1. The number of hydrogen-bond donors (Lipinski definition) is 2. The van der Waals surface area contributed by atoms with Crippen LogP contribution in [0.4, 0.5) is 11.5 Å².